The van der Waals surface area contributed by atoms with Crippen LogP contribution in [0.5, 0.6) is 0 Å². The van der Waals surface area contributed by atoms with Crippen LogP contribution in [0.1, 0.15) is 6.92 Å². The molecule has 0 aliphatic heterocycles. The first kappa shape index (κ1) is 13.1. The number of rotatable bonds is 5. The Hall–Kier alpha value is -0.880. The van der Waals surface area contributed by atoms with Crippen molar-refractivity contribution in [1.82, 2.24) is 9.62 Å². The molecule has 0 fully saturated rings. The highest BCUT2D eigenvalue weighted by Crippen LogP contribution is 1.91. The van der Waals surface area contributed by atoms with Gasteiger partial charge in [0.1, 0.15) is 0 Å². The molecule has 0 unspecified atom stereocenters. The summed E-state index contributed by atoms with van der Waals surface area (Å²) in [6.07, 6.45) is 1.12. The van der Waals surface area contributed by atoms with E-state index in [0.717, 1.165) is 6.26 Å². The summed E-state index contributed by atoms with van der Waals surface area (Å²) in [6, 6.07) is 0. The van der Waals surface area contributed by atoms with E-state index in [2.05, 4.69) is 11.9 Å². The highest BCUT2D eigenvalue weighted by Gasteiger charge is 2.10. The van der Waals surface area contributed by atoms with Crippen molar-refractivity contribution in [1.29, 1.82) is 0 Å². The summed E-state index contributed by atoms with van der Waals surface area (Å²) in [7, 11) is -1.70. The van der Waals surface area contributed by atoms with Crippen molar-refractivity contribution in [3.05, 3.63) is 12.2 Å². The van der Waals surface area contributed by atoms with Gasteiger partial charge in [-0.1, -0.05) is 6.58 Å². The molecule has 0 rings (SSSR count). The number of likely N-dealkylation sites (N-methyl/N-ethyl adjacent to an activating group) is 1. The molecule has 0 saturated heterocycles. The molecule has 0 radical (unpaired) electrons. The standard InChI is InChI=1S/C8H16N2O3S/c1-7(2)8(11)9-5-6-10(3)14(4,12)13/h1,5-6H2,2-4H3,(H,9,11). The van der Waals surface area contributed by atoms with Crippen molar-refractivity contribution in [2.24, 2.45) is 0 Å². The van der Waals surface area contributed by atoms with Gasteiger partial charge < -0.3 is 5.32 Å². The number of hydrogen-bond acceptors (Lipinski definition) is 3. The van der Waals surface area contributed by atoms with E-state index in [0.29, 0.717) is 5.57 Å². The molecule has 0 spiro atoms. The van der Waals surface area contributed by atoms with Gasteiger partial charge in [0, 0.05) is 25.7 Å². The van der Waals surface area contributed by atoms with E-state index in [1.807, 2.05) is 0 Å². The van der Waals surface area contributed by atoms with Crippen molar-refractivity contribution in [3.8, 4) is 0 Å². The molecule has 0 aromatic rings. The Morgan fingerprint density at radius 3 is 2.36 bits per heavy atom. The zero-order valence-corrected chi connectivity index (χ0v) is 9.52. The second-order valence-corrected chi connectivity index (χ2v) is 5.21. The highest BCUT2D eigenvalue weighted by molar-refractivity contribution is 7.88. The Balaban J connectivity index is 3.87. The third-order valence-electron chi connectivity index (χ3n) is 1.67. The predicted molar refractivity (Wildman–Crippen MR) is 55.3 cm³/mol. The third kappa shape index (κ3) is 4.98. The van der Waals surface area contributed by atoms with E-state index in [-0.39, 0.29) is 19.0 Å². The van der Waals surface area contributed by atoms with Gasteiger partial charge >= 0.3 is 0 Å². The van der Waals surface area contributed by atoms with E-state index >= 15 is 0 Å². The van der Waals surface area contributed by atoms with Crippen LogP contribution in [-0.4, -0.2) is 45.0 Å². The van der Waals surface area contributed by atoms with Gasteiger partial charge in [0.25, 0.3) is 0 Å². The van der Waals surface area contributed by atoms with Crippen LogP contribution in [0.2, 0.25) is 0 Å². The van der Waals surface area contributed by atoms with E-state index < -0.39 is 10.0 Å². The smallest absolute Gasteiger partial charge is 0.246 e. The number of nitrogens with one attached hydrogen (secondary N) is 1. The fourth-order valence-electron chi connectivity index (χ4n) is 0.644. The number of hydrogen-bond donors (Lipinski definition) is 1. The predicted octanol–water partition coefficient (Wildman–Crippen LogP) is -0.430. The van der Waals surface area contributed by atoms with Crippen molar-refractivity contribution in [2.45, 2.75) is 6.92 Å². The Labute approximate surface area is 84.8 Å². The van der Waals surface area contributed by atoms with Gasteiger partial charge in [0.05, 0.1) is 6.26 Å². The van der Waals surface area contributed by atoms with Crippen LogP contribution in [0.3, 0.4) is 0 Å². The number of nitrogens with zero attached hydrogens (tertiary/aromatic N) is 1. The van der Waals surface area contributed by atoms with Crippen molar-refractivity contribution in [3.63, 3.8) is 0 Å². The van der Waals surface area contributed by atoms with Crippen LogP contribution in [0.25, 0.3) is 0 Å². The van der Waals surface area contributed by atoms with Gasteiger partial charge in [-0.3, -0.25) is 4.79 Å². The first-order valence-corrected chi connectivity index (χ1v) is 5.95. The van der Waals surface area contributed by atoms with Crippen LogP contribution in [-0.2, 0) is 14.8 Å². The molecular formula is C8H16N2O3S. The van der Waals surface area contributed by atoms with E-state index in [9.17, 15) is 13.2 Å². The minimum absolute atomic E-state index is 0.257. The summed E-state index contributed by atoms with van der Waals surface area (Å²) >= 11 is 0. The normalized spacial score (nSPS) is 11.4. The number of carbonyl (C=O) groups excluding carboxylic acids is 1. The third-order valence-corrected chi connectivity index (χ3v) is 2.98. The van der Waals surface area contributed by atoms with E-state index in [1.54, 1.807) is 6.92 Å². The van der Waals surface area contributed by atoms with Crippen LogP contribution >= 0.6 is 0 Å². The van der Waals surface area contributed by atoms with Gasteiger partial charge in [-0.05, 0) is 6.92 Å². The lowest BCUT2D eigenvalue weighted by Crippen LogP contribution is -2.35. The molecule has 14 heavy (non-hydrogen) atoms. The lowest BCUT2D eigenvalue weighted by Gasteiger charge is -2.14. The summed E-state index contributed by atoms with van der Waals surface area (Å²) in [5, 5.41) is 2.54. The molecule has 0 bridgehead atoms. The van der Waals surface area contributed by atoms with Gasteiger partial charge in [0.2, 0.25) is 15.9 Å². The summed E-state index contributed by atoms with van der Waals surface area (Å²) < 4.78 is 23.0. The molecule has 0 aliphatic carbocycles. The Kier molecular flexibility index (Phi) is 4.79. The lowest BCUT2D eigenvalue weighted by atomic mass is 10.3. The summed E-state index contributed by atoms with van der Waals surface area (Å²) in [4.78, 5) is 11.0. The SMILES string of the molecule is C=C(C)C(=O)NCCN(C)S(C)(=O)=O. The van der Waals surface area contributed by atoms with Crippen molar-refractivity contribution < 1.29 is 13.2 Å². The first-order valence-electron chi connectivity index (χ1n) is 4.10. The Morgan fingerprint density at radius 1 is 1.50 bits per heavy atom. The summed E-state index contributed by atoms with van der Waals surface area (Å²) in [6.45, 7) is 5.60. The largest absolute Gasteiger partial charge is 0.351 e. The molecule has 0 aromatic carbocycles. The maximum atomic E-state index is 11.0. The Bertz CT molecular complexity index is 321. The number of amides is 1. The fraction of sp³-hybridized carbons (Fsp3) is 0.625. The van der Waals surface area contributed by atoms with Crippen molar-refractivity contribution in [2.75, 3.05) is 26.4 Å². The van der Waals surface area contributed by atoms with Gasteiger partial charge in [-0.25, -0.2) is 12.7 Å². The molecule has 0 saturated carbocycles. The molecule has 1 N–H and O–H groups in total. The van der Waals surface area contributed by atoms with Crippen LogP contribution in [0, 0.1) is 0 Å². The van der Waals surface area contributed by atoms with Crippen LogP contribution in [0.4, 0.5) is 0 Å². The zero-order chi connectivity index (χ0) is 11.4. The van der Waals surface area contributed by atoms with Gasteiger partial charge in [-0.15, -0.1) is 0 Å². The molecule has 1 amide bonds. The molecule has 0 aromatic heterocycles. The second-order valence-electron chi connectivity index (χ2n) is 3.12. The average molecular weight is 220 g/mol. The average Bonchev–Trinajstić information content (AvgIpc) is 2.01. The Morgan fingerprint density at radius 2 is 2.00 bits per heavy atom. The monoisotopic (exact) mass is 220 g/mol. The maximum Gasteiger partial charge on any atom is 0.246 e. The van der Waals surface area contributed by atoms with E-state index in [4.69, 9.17) is 0 Å². The van der Waals surface area contributed by atoms with Gasteiger partial charge in [-0.2, -0.15) is 0 Å². The van der Waals surface area contributed by atoms with Gasteiger partial charge in [0.15, 0.2) is 0 Å². The molecule has 0 aliphatic rings. The topological polar surface area (TPSA) is 66.5 Å². The molecule has 5 nitrogen and oxygen atoms in total. The zero-order valence-electron chi connectivity index (χ0n) is 8.70. The highest BCUT2D eigenvalue weighted by atomic mass is 32.2. The molecule has 0 heterocycles. The maximum absolute atomic E-state index is 11.0. The second kappa shape index (κ2) is 5.11. The molecule has 82 valence electrons. The quantitative estimate of drug-likeness (QED) is 0.639. The van der Waals surface area contributed by atoms with Crippen molar-refractivity contribution >= 4 is 15.9 Å². The fourth-order valence-corrected chi connectivity index (χ4v) is 1.07. The minimum atomic E-state index is -3.16. The lowest BCUT2D eigenvalue weighted by molar-refractivity contribution is -0.117. The molecule has 6 heteroatoms. The first-order chi connectivity index (χ1) is 6.25. The van der Waals surface area contributed by atoms with Crippen LogP contribution in [0.15, 0.2) is 12.2 Å². The van der Waals surface area contributed by atoms with Crippen LogP contribution < -0.4 is 5.32 Å². The summed E-state index contributed by atoms with van der Waals surface area (Å²) in [5.41, 5.74) is 0.409. The molecular weight excluding hydrogens is 204 g/mol. The van der Waals surface area contributed by atoms with E-state index in [1.165, 1.54) is 11.4 Å². The minimum Gasteiger partial charge on any atom is -0.351 e. The molecule has 0 atom stereocenters. The number of sulfonamides is 1. The summed E-state index contributed by atoms with van der Waals surface area (Å²) in [5.74, 6) is -0.257. The number of carbonyl (C=O) groups is 1.